The van der Waals surface area contributed by atoms with Gasteiger partial charge in [-0.3, -0.25) is 4.98 Å². The summed E-state index contributed by atoms with van der Waals surface area (Å²) in [5.74, 6) is 0. The van der Waals surface area contributed by atoms with Gasteiger partial charge in [-0.1, -0.05) is 0 Å². The van der Waals surface area contributed by atoms with E-state index in [4.69, 9.17) is 0 Å². The largest absolute Gasteiger partial charge is 0.305 e. The minimum atomic E-state index is 0.366. The van der Waals surface area contributed by atoms with Crippen molar-refractivity contribution < 1.29 is 0 Å². The molecule has 16 heavy (non-hydrogen) atoms. The molecule has 0 saturated heterocycles. The summed E-state index contributed by atoms with van der Waals surface area (Å²) >= 11 is 1.85. The summed E-state index contributed by atoms with van der Waals surface area (Å²) in [6.07, 6.45) is 3.05. The summed E-state index contributed by atoms with van der Waals surface area (Å²) in [6.45, 7) is 3.11. The van der Waals surface area contributed by atoms with Crippen molar-refractivity contribution in [3.63, 3.8) is 0 Å². The Bertz CT molecular complexity index is 504. The van der Waals surface area contributed by atoms with Crippen LogP contribution in [0, 0.1) is 6.92 Å². The van der Waals surface area contributed by atoms with Crippen molar-refractivity contribution in [1.82, 2.24) is 10.3 Å². The summed E-state index contributed by atoms with van der Waals surface area (Å²) in [7, 11) is 0. The molecule has 82 valence electrons. The topological polar surface area (TPSA) is 24.9 Å². The number of nitrogens with zero attached hydrogens (tertiary/aromatic N) is 1. The predicted molar refractivity (Wildman–Crippen MR) is 66.8 cm³/mol. The Balaban J connectivity index is 2.04. The third-order valence-electron chi connectivity index (χ3n) is 3.04. The highest BCUT2D eigenvalue weighted by molar-refractivity contribution is 7.10. The molecular formula is C13H14N2S. The van der Waals surface area contributed by atoms with E-state index in [1.54, 1.807) is 0 Å². The maximum Gasteiger partial charge on any atom is 0.0675 e. The van der Waals surface area contributed by atoms with Crippen LogP contribution in [0.5, 0.6) is 0 Å². The fourth-order valence-electron chi connectivity index (χ4n) is 2.27. The van der Waals surface area contributed by atoms with E-state index in [0.29, 0.717) is 6.04 Å². The molecule has 1 aliphatic rings. The van der Waals surface area contributed by atoms with E-state index in [2.05, 4.69) is 33.9 Å². The number of hydrogen-bond acceptors (Lipinski definition) is 3. The molecule has 3 heterocycles. The van der Waals surface area contributed by atoms with E-state index in [-0.39, 0.29) is 0 Å². The average molecular weight is 230 g/mol. The predicted octanol–water partition coefficient (Wildman–Crippen LogP) is 2.69. The van der Waals surface area contributed by atoms with Gasteiger partial charge in [-0.05, 0) is 48.1 Å². The fourth-order valence-corrected chi connectivity index (χ4v) is 3.32. The fraction of sp³-hybridized carbons (Fsp3) is 0.308. The van der Waals surface area contributed by atoms with E-state index < -0.39 is 0 Å². The van der Waals surface area contributed by atoms with Crippen molar-refractivity contribution in [3.8, 4) is 0 Å². The lowest BCUT2D eigenvalue weighted by Gasteiger charge is -2.24. The van der Waals surface area contributed by atoms with Crippen molar-refractivity contribution in [1.29, 1.82) is 0 Å². The van der Waals surface area contributed by atoms with E-state index in [1.165, 1.54) is 16.0 Å². The van der Waals surface area contributed by atoms with Crippen LogP contribution < -0.4 is 5.32 Å². The van der Waals surface area contributed by atoms with Crippen molar-refractivity contribution in [2.24, 2.45) is 0 Å². The van der Waals surface area contributed by atoms with Gasteiger partial charge in [-0.15, -0.1) is 11.3 Å². The van der Waals surface area contributed by atoms with Crippen molar-refractivity contribution in [2.75, 3.05) is 6.54 Å². The molecule has 0 aliphatic carbocycles. The van der Waals surface area contributed by atoms with Crippen LogP contribution in [0.2, 0.25) is 0 Å². The number of thiophene rings is 1. The highest BCUT2D eigenvalue weighted by Crippen LogP contribution is 2.32. The quantitative estimate of drug-likeness (QED) is 0.814. The molecule has 1 aliphatic heterocycles. The number of nitrogens with one attached hydrogen (secondary N) is 1. The van der Waals surface area contributed by atoms with Gasteiger partial charge in [0.15, 0.2) is 0 Å². The Morgan fingerprint density at radius 1 is 1.44 bits per heavy atom. The molecule has 0 saturated carbocycles. The number of aromatic nitrogens is 1. The first-order chi connectivity index (χ1) is 7.84. The molecule has 0 amide bonds. The van der Waals surface area contributed by atoms with E-state index in [9.17, 15) is 0 Å². The van der Waals surface area contributed by atoms with Gasteiger partial charge in [-0.25, -0.2) is 0 Å². The molecule has 0 spiro atoms. The van der Waals surface area contributed by atoms with Gasteiger partial charge in [0.05, 0.1) is 6.04 Å². The van der Waals surface area contributed by atoms with Gasteiger partial charge in [0.25, 0.3) is 0 Å². The van der Waals surface area contributed by atoms with Crippen LogP contribution in [0.25, 0.3) is 0 Å². The Kier molecular flexibility index (Phi) is 2.50. The molecule has 1 N–H and O–H groups in total. The maximum atomic E-state index is 4.25. The zero-order valence-corrected chi connectivity index (χ0v) is 10.1. The molecule has 1 unspecified atom stereocenters. The van der Waals surface area contributed by atoms with E-state index in [0.717, 1.165) is 18.7 Å². The number of pyridine rings is 1. The summed E-state index contributed by atoms with van der Waals surface area (Å²) in [6, 6.07) is 6.90. The number of fused-ring (bicyclic) bond motifs is 1. The highest BCUT2D eigenvalue weighted by Gasteiger charge is 2.22. The van der Waals surface area contributed by atoms with E-state index >= 15 is 0 Å². The lowest BCUT2D eigenvalue weighted by molar-refractivity contribution is 0.577. The maximum absolute atomic E-state index is 4.25. The lowest BCUT2D eigenvalue weighted by Crippen LogP contribution is -2.29. The molecule has 0 aromatic carbocycles. The lowest BCUT2D eigenvalue weighted by atomic mass is 9.98. The van der Waals surface area contributed by atoms with Gasteiger partial charge in [-0.2, -0.15) is 0 Å². The molecule has 0 radical (unpaired) electrons. The molecular weight excluding hydrogens is 216 g/mol. The zero-order chi connectivity index (χ0) is 11.0. The van der Waals surface area contributed by atoms with Crippen LogP contribution in [0.1, 0.15) is 27.7 Å². The monoisotopic (exact) mass is 230 g/mol. The van der Waals surface area contributed by atoms with Crippen molar-refractivity contribution in [3.05, 3.63) is 51.5 Å². The Labute approximate surface area is 99.4 Å². The molecule has 1 atom stereocenters. The first-order valence-electron chi connectivity index (χ1n) is 5.57. The van der Waals surface area contributed by atoms with Crippen LogP contribution in [0.15, 0.2) is 29.8 Å². The third kappa shape index (κ3) is 1.66. The van der Waals surface area contributed by atoms with Crippen LogP contribution >= 0.6 is 11.3 Å². The normalized spacial score (nSPS) is 19.4. The molecule has 2 nitrogen and oxygen atoms in total. The molecule has 0 fully saturated rings. The van der Waals surface area contributed by atoms with Gasteiger partial charge in [0.2, 0.25) is 0 Å². The first-order valence-corrected chi connectivity index (χ1v) is 6.45. The third-order valence-corrected chi connectivity index (χ3v) is 4.06. The average Bonchev–Trinajstić information content (AvgIpc) is 2.76. The number of aryl methyl sites for hydroxylation is 1. The number of rotatable bonds is 1. The van der Waals surface area contributed by atoms with Crippen LogP contribution in [0.3, 0.4) is 0 Å². The minimum absolute atomic E-state index is 0.366. The standard InChI is InChI=1S/C13H14N2S/c1-9-8-11(3-5-14-9)12-13-10(2-6-15-12)4-7-16-13/h3-5,7-8,12,15H,2,6H2,1H3. The molecule has 3 heteroatoms. The Hall–Kier alpha value is -1.19. The molecule has 3 rings (SSSR count). The summed E-state index contributed by atoms with van der Waals surface area (Å²) in [5.41, 5.74) is 3.92. The Morgan fingerprint density at radius 3 is 3.25 bits per heavy atom. The Morgan fingerprint density at radius 2 is 2.38 bits per heavy atom. The van der Waals surface area contributed by atoms with E-state index in [1.807, 2.05) is 24.5 Å². The van der Waals surface area contributed by atoms with Crippen molar-refractivity contribution >= 4 is 11.3 Å². The van der Waals surface area contributed by atoms with Gasteiger partial charge >= 0.3 is 0 Å². The van der Waals surface area contributed by atoms with Gasteiger partial charge in [0, 0.05) is 23.3 Å². The van der Waals surface area contributed by atoms with Crippen molar-refractivity contribution in [2.45, 2.75) is 19.4 Å². The first kappa shape index (κ1) is 10.00. The second-order valence-corrected chi connectivity index (χ2v) is 5.13. The van der Waals surface area contributed by atoms with Crippen LogP contribution in [0.4, 0.5) is 0 Å². The summed E-state index contributed by atoms with van der Waals surface area (Å²) < 4.78 is 0. The van der Waals surface area contributed by atoms with Gasteiger partial charge in [0.1, 0.15) is 0 Å². The van der Waals surface area contributed by atoms with Gasteiger partial charge < -0.3 is 5.32 Å². The number of hydrogen-bond donors (Lipinski definition) is 1. The zero-order valence-electron chi connectivity index (χ0n) is 9.23. The molecule has 2 aromatic heterocycles. The summed E-state index contributed by atoms with van der Waals surface area (Å²) in [5, 5.41) is 5.78. The SMILES string of the molecule is Cc1cc(C2NCCc3ccsc32)ccn1. The van der Waals surface area contributed by atoms with Crippen LogP contribution in [-0.2, 0) is 6.42 Å². The van der Waals surface area contributed by atoms with Crippen LogP contribution in [-0.4, -0.2) is 11.5 Å². The molecule has 2 aromatic rings. The second kappa shape index (κ2) is 4.00. The molecule has 0 bridgehead atoms. The summed E-state index contributed by atoms with van der Waals surface area (Å²) in [4.78, 5) is 5.72. The minimum Gasteiger partial charge on any atom is -0.305 e. The second-order valence-electron chi connectivity index (χ2n) is 4.18. The highest BCUT2D eigenvalue weighted by atomic mass is 32.1. The smallest absolute Gasteiger partial charge is 0.0675 e.